The summed E-state index contributed by atoms with van der Waals surface area (Å²) in [6, 6.07) is 9.29. The van der Waals surface area contributed by atoms with Gasteiger partial charge in [0.25, 0.3) is 0 Å². The molecule has 0 spiro atoms. The molecule has 3 heteroatoms. The molecule has 140 valence electrons. The van der Waals surface area contributed by atoms with Gasteiger partial charge in [-0.3, -0.25) is 0 Å². The topological polar surface area (TPSA) is 25.8 Å². The number of nitrogens with zero attached hydrogens (tertiary/aromatic N) is 2. The smallest absolute Gasteiger partial charge is 0.132 e. The van der Waals surface area contributed by atoms with E-state index in [0.29, 0.717) is 11.3 Å². The Kier molecular flexibility index (Phi) is 6.76. The van der Waals surface area contributed by atoms with Gasteiger partial charge in [0.05, 0.1) is 11.4 Å². The van der Waals surface area contributed by atoms with E-state index in [1.807, 2.05) is 31.2 Å². The SMILES string of the molecule is CCCC1CCC(CCc2ccc(-c3ccc(CC)cc3F)nn2)CC1. The van der Waals surface area contributed by atoms with Gasteiger partial charge in [-0.1, -0.05) is 58.4 Å². The maximum Gasteiger partial charge on any atom is 0.132 e. The lowest BCUT2D eigenvalue weighted by atomic mass is 9.78. The first-order valence-corrected chi connectivity index (χ1v) is 10.3. The van der Waals surface area contributed by atoms with E-state index in [-0.39, 0.29) is 5.82 Å². The maximum atomic E-state index is 14.2. The van der Waals surface area contributed by atoms with Crippen LogP contribution >= 0.6 is 0 Å². The molecule has 1 aliphatic carbocycles. The van der Waals surface area contributed by atoms with Crippen LogP contribution in [-0.4, -0.2) is 10.2 Å². The van der Waals surface area contributed by atoms with Crippen LogP contribution in [-0.2, 0) is 12.8 Å². The third-order valence-electron chi connectivity index (χ3n) is 5.91. The zero-order chi connectivity index (χ0) is 18.4. The minimum atomic E-state index is -0.213. The van der Waals surface area contributed by atoms with Gasteiger partial charge in [-0.05, 0) is 60.9 Å². The number of hydrogen-bond acceptors (Lipinski definition) is 2. The van der Waals surface area contributed by atoms with Crippen LogP contribution in [0.2, 0.25) is 0 Å². The molecule has 1 fully saturated rings. The van der Waals surface area contributed by atoms with Crippen LogP contribution in [0.3, 0.4) is 0 Å². The summed E-state index contributed by atoms with van der Waals surface area (Å²) in [5.74, 6) is 1.59. The highest BCUT2D eigenvalue weighted by atomic mass is 19.1. The van der Waals surface area contributed by atoms with Crippen molar-refractivity contribution in [3.05, 3.63) is 47.4 Å². The second kappa shape index (κ2) is 9.25. The van der Waals surface area contributed by atoms with Crippen molar-refractivity contribution >= 4 is 0 Å². The zero-order valence-electron chi connectivity index (χ0n) is 16.2. The van der Waals surface area contributed by atoms with Crippen LogP contribution in [0.5, 0.6) is 0 Å². The molecule has 26 heavy (non-hydrogen) atoms. The monoisotopic (exact) mass is 354 g/mol. The summed E-state index contributed by atoms with van der Waals surface area (Å²) in [5.41, 5.74) is 3.18. The van der Waals surface area contributed by atoms with Crippen molar-refractivity contribution in [2.75, 3.05) is 0 Å². The Morgan fingerprint density at radius 3 is 2.23 bits per heavy atom. The molecule has 1 aliphatic rings. The first-order valence-electron chi connectivity index (χ1n) is 10.3. The summed E-state index contributed by atoms with van der Waals surface area (Å²) in [6.45, 7) is 4.32. The molecular weight excluding hydrogens is 323 g/mol. The Bertz CT molecular complexity index is 688. The van der Waals surface area contributed by atoms with E-state index in [1.165, 1.54) is 44.9 Å². The third kappa shape index (κ3) is 4.90. The molecule has 1 aromatic carbocycles. The summed E-state index contributed by atoms with van der Waals surface area (Å²) in [4.78, 5) is 0. The molecule has 0 radical (unpaired) electrons. The van der Waals surface area contributed by atoms with E-state index in [2.05, 4.69) is 17.1 Å². The fourth-order valence-electron chi connectivity index (χ4n) is 4.19. The lowest BCUT2D eigenvalue weighted by molar-refractivity contribution is 0.252. The van der Waals surface area contributed by atoms with E-state index in [9.17, 15) is 4.39 Å². The highest BCUT2D eigenvalue weighted by Crippen LogP contribution is 2.33. The zero-order valence-corrected chi connectivity index (χ0v) is 16.2. The summed E-state index contributed by atoms with van der Waals surface area (Å²) >= 11 is 0. The molecule has 0 saturated heterocycles. The van der Waals surface area contributed by atoms with E-state index >= 15 is 0 Å². The molecule has 2 nitrogen and oxygen atoms in total. The molecule has 1 aromatic heterocycles. The summed E-state index contributed by atoms with van der Waals surface area (Å²) < 4.78 is 14.2. The van der Waals surface area contributed by atoms with Gasteiger partial charge in [0.15, 0.2) is 0 Å². The predicted octanol–water partition coefficient (Wildman–Crippen LogP) is 6.38. The van der Waals surface area contributed by atoms with Gasteiger partial charge < -0.3 is 0 Å². The standard InChI is InChI=1S/C23H31FN2/c1-3-5-18-6-8-19(9-7-18)10-12-20-13-15-23(26-25-20)21-14-11-17(4-2)16-22(21)24/h11,13-16,18-19H,3-10,12H2,1-2H3. The molecule has 0 unspecified atom stereocenters. The lowest BCUT2D eigenvalue weighted by Gasteiger charge is -2.28. The number of halogens is 1. The number of aromatic nitrogens is 2. The van der Waals surface area contributed by atoms with Crippen molar-refractivity contribution in [1.29, 1.82) is 0 Å². The third-order valence-corrected chi connectivity index (χ3v) is 5.91. The van der Waals surface area contributed by atoms with Gasteiger partial charge in [-0.2, -0.15) is 10.2 Å². The second-order valence-corrected chi connectivity index (χ2v) is 7.79. The minimum Gasteiger partial charge on any atom is -0.206 e. The fraction of sp³-hybridized carbons (Fsp3) is 0.565. The summed E-state index contributed by atoms with van der Waals surface area (Å²) in [5, 5.41) is 8.63. The van der Waals surface area contributed by atoms with E-state index < -0.39 is 0 Å². The molecule has 3 rings (SSSR count). The maximum absolute atomic E-state index is 14.2. The Labute approximate surface area is 157 Å². The molecular formula is C23H31FN2. The average molecular weight is 355 g/mol. The Balaban J connectivity index is 1.54. The second-order valence-electron chi connectivity index (χ2n) is 7.79. The normalized spacial score (nSPS) is 20.3. The van der Waals surface area contributed by atoms with Gasteiger partial charge in [0, 0.05) is 5.56 Å². The van der Waals surface area contributed by atoms with Crippen LogP contribution in [0.25, 0.3) is 11.3 Å². The number of hydrogen-bond donors (Lipinski definition) is 0. The highest BCUT2D eigenvalue weighted by Gasteiger charge is 2.20. The van der Waals surface area contributed by atoms with Gasteiger partial charge in [-0.15, -0.1) is 0 Å². The number of rotatable bonds is 7. The predicted molar refractivity (Wildman–Crippen MR) is 105 cm³/mol. The van der Waals surface area contributed by atoms with Crippen molar-refractivity contribution in [1.82, 2.24) is 10.2 Å². The van der Waals surface area contributed by atoms with Gasteiger partial charge in [0.2, 0.25) is 0 Å². The van der Waals surface area contributed by atoms with Gasteiger partial charge >= 0.3 is 0 Å². The molecule has 2 aromatic rings. The van der Waals surface area contributed by atoms with Crippen LogP contribution in [0.4, 0.5) is 4.39 Å². The van der Waals surface area contributed by atoms with E-state index in [4.69, 9.17) is 0 Å². The van der Waals surface area contributed by atoms with Crippen LogP contribution in [0.15, 0.2) is 30.3 Å². The summed E-state index contributed by atoms with van der Waals surface area (Å²) in [6.07, 6.45) is 11.3. The minimum absolute atomic E-state index is 0.213. The largest absolute Gasteiger partial charge is 0.206 e. The molecule has 0 amide bonds. The number of aryl methyl sites for hydroxylation is 2. The first kappa shape index (κ1) is 19.0. The van der Waals surface area contributed by atoms with E-state index in [0.717, 1.165) is 35.9 Å². The molecule has 0 N–H and O–H groups in total. The molecule has 0 atom stereocenters. The highest BCUT2D eigenvalue weighted by molar-refractivity contribution is 5.59. The van der Waals surface area contributed by atoms with Crippen molar-refractivity contribution in [3.63, 3.8) is 0 Å². The van der Waals surface area contributed by atoms with Gasteiger partial charge in [-0.25, -0.2) is 4.39 Å². The molecule has 0 bridgehead atoms. The first-order chi connectivity index (χ1) is 12.7. The Hall–Kier alpha value is -1.77. The molecule has 1 saturated carbocycles. The van der Waals surface area contributed by atoms with Crippen molar-refractivity contribution < 1.29 is 4.39 Å². The van der Waals surface area contributed by atoms with Gasteiger partial charge in [0.1, 0.15) is 5.82 Å². The van der Waals surface area contributed by atoms with Crippen molar-refractivity contribution in [3.8, 4) is 11.3 Å². The fourth-order valence-corrected chi connectivity index (χ4v) is 4.19. The molecule has 0 aliphatic heterocycles. The summed E-state index contributed by atoms with van der Waals surface area (Å²) in [7, 11) is 0. The Morgan fingerprint density at radius 2 is 1.65 bits per heavy atom. The van der Waals surface area contributed by atoms with Crippen molar-refractivity contribution in [2.45, 2.75) is 71.6 Å². The number of benzene rings is 1. The quantitative estimate of drug-likeness (QED) is 0.576. The Morgan fingerprint density at radius 1 is 0.923 bits per heavy atom. The van der Waals surface area contributed by atoms with Crippen molar-refractivity contribution in [2.24, 2.45) is 11.8 Å². The van der Waals surface area contributed by atoms with Crippen LogP contribution in [0, 0.1) is 17.7 Å². The lowest BCUT2D eigenvalue weighted by Crippen LogP contribution is -2.15. The van der Waals surface area contributed by atoms with Crippen LogP contribution < -0.4 is 0 Å². The average Bonchev–Trinajstić information content (AvgIpc) is 2.68. The van der Waals surface area contributed by atoms with Crippen LogP contribution in [0.1, 0.15) is 70.1 Å². The van der Waals surface area contributed by atoms with E-state index in [1.54, 1.807) is 6.07 Å². The molecule has 1 heterocycles.